The molecule has 0 N–H and O–H groups in total. The van der Waals surface area contributed by atoms with E-state index >= 15 is 0 Å². The standard InChI is InChI=1S/C28H47N3/c1-12-16-24(29-13-2)27(8,9)21-28(10,11)31(19-23-17-14-15-18-30-23)22-26(6,7)20-25(3,4)5/h12-18H,2,19-22H2,1,3-11H3/b16-12-,29-24?. The number of rotatable bonds is 11. The van der Waals surface area contributed by atoms with Crippen molar-refractivity contribution in [2.24, 2.45) is 21.2 Å². The minimum atomic E-state index is -0.0826. The maximum Gasteiger partial charge on any atom is 0.0544 e. The first-order valence-electron chi connectivity index (χ1n) is 11.6. The summed E-state index contributed by atoms with van der Waals surface area (Å²) in [6.45, 7) is 28.8. The van der Waals surface area contributed by atoms with Gasteiger partial charge in [0.1, 0.15) is 0 Å². The number of aliphatic imine (C=N–C) groups is 1. The molecule has 0 atom stereocenters. The first-order valence-corrected chi connectivity index (χ1v) is 11.6. The van der Waals surface area contributed by atoms with E-state index in [9.17, 15) is 0 Å². The fourth-order valence-corrected chi connectivity index (χ4v) is 5.16. The quantitative estimate of drug-likeness (QED) is 0.340. The molecule has 0 unspecified atom stereocenters. The summed E-state index contributed by atoms with van der Waals surface area (Å²) in [6, 6.07) is 6.20. The molecule has 0 aromatic carbocycles. The van der Waals surface area contributed by atoms with Crippen molar-refractivity contribution in [2.75, 3.05) is 6.54 Å². The average molecular weight is 426 g/mol. The Morgan fingerprint density at radius 3 is 2.16 bits per heavy atom. The summed E-state index contributed by atoms with van der Waals surface area (Å²) in [6.07, 6.45) is 9.88. The topological polar surface area (TPSA) is 28.5 Å². The van der Waals surface area contributed by atoms with Gasteiger partial charge in [0.2, 0.25) is 0 Å². The third-order valence-electron chi connectivity index (χ3n) is 5.69. The van der Waals surface area contributed by atoms with Gasteiger partial charge in [-0.2, -0.15) is 0 Å². The SMILES string of the molecule is C=CN=C(/C=C\C)C(C)(C)CC(C)(C)N(Cc1ccccn1)CC(C)(C)CC(C)(C)C. The first kappa shape index (κ1) is 27.3. The summed E-state index contributed by atoms with van der Waals surface area (Å²) in [5, 5.41) is 0. The van der Waals surface area contributed by atoms with Crippen LogP contribution in [0.1, 0.15) is 87.8 Å². The zero-order valence-corrected chi connectivity index (χ0v) is 21.9. The fourth-order valence-electron chi connectivity index (χ4n) is 5.16. The summed E-state index contributed by atoms with van der Waals surface area (Å²) in [4.78, 5) is 11.9. The lowest BCUT2D eigenvalue weighted by Crippen LogP contribution is -2.51. The maximum atomic E-state index is 4.64. The Labute approximate surface area is 192 Å². The van der Waals surface area contributed by atoms with E-state index in [-0.39, 0.29) is 16.4 Å². The van der Waals surface area contributed by atoms with Gasteiger partial charge in [-0.3, -0.25) is 14.9 Å². The highest BCUT2D eigenvalue weighted by molar-refractivity contribution is 5.99. The van der Waals surface area contributed by atoms with Crippen LogP contribution in [-0.2, 0) is 6.54 Å². The van der Waals surface area contributed by atoms with E-state index in [1.807, 2.05) is 19.2 Å². The van der Waals surface area contributed by atoms with Gasteiger partial charge in [-0.15, -0.1) is 0 Å². The van der Waals surface area contributed by atoms with Gasteiger partial charge in [-0.1, -0.05) is 67.2 Å². The highest BCUT2D eigenvalue weighted by Gasteiger charge is 2.39. The lowest BCUT2D eigenvalue weighted by molar-refractivity contribution is 0.0287. The van der Waals surface area contributed by atoms with Gasteiger partial charge in [0.15, 0.2) is 0 Å². The molecule has 0 aliphatic heterocycles. The molecule has 1 aromatic heterocycles. The number of hydrogen-bond donors (Lipinski definition) is 0. The zero-order valence-electron chi connectivity index (χ0n) is 21.9. The molecule has 0 aliphatic rings. The van der Waals surface area contributed by atoms with Crippen molar-refractivity contribution in [2.45, 2.75) is 94.2 Å². The smallest absolute Gasteiger partial charge is 0.0544 e. The second-order valence-electron chi connectivity index (χ2n) is 12.1. The van der Waals surface area contributed by atoms with Crippen molar-refractivity contribution >= 4 is 5.71 Å². The fraction of sp³-hybridized carbons (Fsp3) is 0.643. The molecule has 0 spiro atoms. The van der Waals surface area contributed by atoms with Crippen molar-refractivity contribution in [1.29, 1.82) is 0 Å². The molecule has 0 amide bonds. The number of allylic oxidation sites excluding steroid dienone is 2. The molecule has 31 heavy (non-hydrogen) atoms. The first-order chi connectivity index (χ1) is 14.1. The van der Waals surface area contributed by atoms with Crippen molar-refractivity contribution < 1.29 is 0 Å². The molecular formula is C28H47N3. The molecule has 0 aliphatic carbocycles. The second kappa shape index (κ2) is 10.7. The summed E-state index contributed by atoms with van der Waals surface area (Å²) < 4.78 is 0. The Balaban J connectivity index is 3.28. The number of hydrogen-bond acceptors (Lipinski definition) is 3. The molecule has 3 nitrogen and oxygen atoms in total. The van der Waals surface area contributed by atoms with Gasteiger partial charge in [0, 0.05) is 42.2 Å². The van der Waals surface area contributed by atoms with E-state index in [4.69, 9.17) is 0 Å². The van der Waals surface area contributed by atoms with Crippen LogP contribution in [0.4, 0.5) is 0 Å². The lowest BCUT2D eigenvalue weighted by Gasteiger charge is -2.47. The Kier molecular flexibility index (Phi) is 9.44. The van der Waals surface area contributed by atoms with E-state index in [1.54, 1.807) is 6.20 Å². The molecule has 0 saturated heterocycles. The predicted molar refractivity (Wildman–Crippen MR) is 137 cm³/mol. The van der Waals surface area contributed by atoms with Gasteiger partial charge in [-0.05, 0) is 62.7 Å². The van der Waals surface area contributed by atoms with Crippen LogP contribution in [0.2, 0.25) is 0 Å². The summed E-state index contributed by atoms with van der Waals surface area (Å²) in [5.74, 6) is 0. The van der Waals surface area contributed by atoms with E-state index in [0.29, 0.717) is 5.41 Å². The summed E-state index contributed by atoms with van der Waals surface area (Å²) in [7, 11) is 0. The van der Waals surface area contributed by atoms with Crippen LogP contribution < -0.4 is 0 Å². The van der Waals surface area contributed by atoms with E-state index in [0.717, 1.165) is 30.9 Å². The molecule has 0 bridgehead atoms. The summed E-state index contributed by atoms with van der Waals surface area (Å²) >= 11 is 0. The highest BCUT2D eigenvalue weighted by Crippen LogP contribution is 2.39. The predicted octanol–water partition coefficient (Wildman–Crippen LogP) is 7.70. The van der Waals surface area contributed by atoms with Crippen LogP contribution >= 0.6 is 0 Å². The van der Waals surface area contributed by atoms with Crippen molar-refractivity contribution in [1.82, 2.24) is 9.88 Å². The van der Waals surface area contributed by atoms with Crippen LogP contribution in [0.3, 0.4) is 0 Å². The molecule has 1 rings (SSSR count). The van der Waals surface area contributed by atoms with Crippen LogP contribution in [0.15, 0.2) is 54.3 Å². The van der Waals surface area contributed by atoms with Gasteiger partial charge < -0.3 is 0 Å². The molecule has 3 heteroatoms. The van der Waals surface area contributed by atoms with Gasteiger partial charge in [0.25, 0.3) is 0 Å². The third kappa shape index (κ3) is 9.51. The highest BCUT2D eigenvalue weighted by atomic mass is 15.2. The van der Waals surface area contributed by atoms with Crippen molar-refractivity contribution in [3.05, 3.63) is 55.0 Å². The van der Waals surface area contributed by atoms with E-state index in [2.05, 4.69) is 108 Å². The molecule has 174 valence electrons. The van der Waals surface area contributed by atoms with Gasteiger partial charge >= 0.3 is 0 Å². The number of nitrogens with zero attached hydrogens (tertiary/aromatic N) is 3. The maximum absolute atomic E-state index is 4.64. The second-order valence-corrected chi connectivity index (χ2v) is 12.1. The Morgan fingerprint density at radius 2 is 1.68 bits per heavy atom. The largest absolute Gasteiger partial charge is 0.292 e. The molecule has 0 fully saturated rings. The third-order valence-corrected chi connectivity index (χ3v) is 5.69. The normalized spacial score (nSPS) is 14.5. The van der Waals surface area contributed by atoms with Crippen molar-refractivity contribution in [3.8, 4) is 0 Å². The Bertz CT molecular complexity index is 746. The molecular weight excluding hydrogens is 378 g/mol. The van der Waals surface area contributed by atoms with Crippen LogP contribution in [0, 0.1) is 16.2 Å². The molecule has 1 aromatic rings. The van der Waals surface area contributed by atoms with Gasteiger partial charge in [0.05, 0.1) is 5.69 Å². The van der Waals surface area contributed by atoms with E-state index in [1.165, 1.54) is 6.42 Å². The van der Waals surface area contributed by atoms with Crippen LogP contribution in [-0.4, -0.2) is 27.7 Å². The van der Waals surface area contributed by atoms with Crippen LogP contribution in [0.5, 0.6) is 0 Å². The Morgan fingerprint density at radius 1 is 1.03 bits per heavy atom. The minimum absolute atomic E-state index is 0.0420. The monoisotopic (exact) mass is 425 g/mol. The lowest BCUT2D eigenvalue weighted by atomic mass is 9.73. The van der Waals surface area contributed by atoms with Crippen LogP contribution in [0.25, 0.3) is 0 Å². The molecule has 1 heterocycles. The van der Waals surface area contributed by atoms with E-state index < -0.39 is 0 Å². The van der Waals surface area contributed by atoms with Crippen molar-refractivity contribution in [3.63, 3.8) is 0 Å². The number of pyridine rings is 1. The number of aromatic nitrogens is 1. The minimum Gasteiger partial charge on any atom is -0.292 e. The zero-order chi connectivity index (χ0) is 23.9. The van der Waals surface area contributed by atoms with Gasteiger partial charge in [-0.25, -0.2) is 0 Å². The molecule has 0 saturated carbocycles. The summed E-state index contributed by atoms with van der Waals surface area (Å²) in [5.41, 5.74) is 2.55. The average Bonchev–Trinajstić information content (AvgIpc) is 2.58. The Hall–Kier alpha value is -1.74. The molecule has 0 radical (unpaired) electrons.